The lowest BCUT2D eigenvalue weighted by molar-refractivity contribution is -0.138. The summed E-state index contributed by atoms with van der Waals surface area (Å²) >= 11 is 0. The Hall–Kier alpha value is -2.67. The molecule has 2 aliphatic heterocycles. The number of hydrogen-bond donors (Lipinski definition) is 2. The maximum absolute atomic E-state index is 13.5. The van der Waals surface area contributed by atoms with Crippen LogP contribution in [0, 0.1) is 23.7 Å². The fourth-order valence-corrected chi connectivity index (χ4v) is 4.23. The van der Waals surface area contributed by atoms with E-state index in [2.05, 4.69) is 16.8 Å². The van der Waals surface area contributed by atoms with E-state index in [0.717, 1.165) is 0 Å². The summed E-state index contributed by atoms with van der Waals surface area (Å²) in [5, 5.41) is 19.7. The Kier molecular flexibility index (Phi) is 8.75. The minimum Gasteiger partial charge on any atom is -0.472 e. The molecule has 1 aromatic rings. The van der Waals surface area contributed by atoms with E-state index in [1.807, 2.05) is 6.92 Å². The number of carbonyl (C=O) groups is 2. The fraction of sp³-hybridized carbons (Fsp3) is 0.654. The number of aliphatic hydroxyl groups is 2. The summed E-state index contributed by atoms with van der Waals surface area (Å²) in [5.41, 5.74) is -0.482. The molecule has 2 aliphatic rings. The van der Waals surface area contributed by atoms with Gasteiger partial charge in [0.15, 0.2) is 0 Å². The quantitative estimate of drug-likeness (QED) is 0.602. The summed E-state index contributed by atoms with van der Waals surface area (Å²) in [6.07, 6.45) is 2.51. The van der Waals surface area contributed by atoms with E-state index in [4.69, 9.17) is 9.47 Å². The van der Waals surface area contributed by atoms with Crippen molar-refractivity contribution < 1.29 is 29.3 Å². The molecule has 0 bridgehead atoms. The first kappa shape index (κ1) is 26.9. The normalized spacial score (nSPS) is 22.1. The lowest BCUT2D eigenvalue weighted by atomic mass is 9.97. The molecule has 2 N–H and O–H groups in total. The van der Waals surface area contributed by atoms with Crippen molar-refractivity contribution in [2.75, 3.05) is 40.0 Å². The number of pyridine rings is 1. The molecule has 0 spiro atoms. The third kappa shape index (κ3) is 6.94. The van der Waals surface area contributed by atoms with Crippen LogP contribution >= 0.6 is 0 Å². The number of nitrogens with zero attached hydrogens (tertiary/aromatic N) is 3. The molecular weight excluding hydrogens is 450 g/mol. The molecule has 1 saturated heterocycles. The van der Waals surface area contributed by atoms with Crippen LogP contribution in [0.4, 0.5) is 0 Å². The van der Waals surface area contributed by atoms with Crippen LogP contribution in [0.25, 0.3) is 0 Å². The van der Waals surface area contributed by atoms with E-state index in [1.165, 1.54) is 6.20 Å². The Morgan fingerprint density at radius 2 is 2.06 bits per heavy atom. The average molecular weight is 488 g/mol. The lowest BCUT2D eigenvalue weighted by Gasteiger charge is -2.38. The van der Waals surface area contributed by atoms with Crippen LogP contribution in [0.3, 0.4) is 0 Å². The molecule has 1 fully saturated rings. The average Bonchev–Trinajstić information content (AvgIpc) is 2.84. The molecule has 192 valence electrons. The van der Waals surface area contributed by atoms with E-state index in [-0.39, 0.29) is 41.7 Å². The van der Waals surface area contributed by atoms with Crippen LogP contribution in [0.2, 0.25) is 0 Å². The van der Waals surface area contributed by atoms with Gasteiger partial charge in [-0.2, -0.15) is 0 Å². The first-order valence-electron chi connectivity index (χ1n) is 12.2. The predicted octanol–water partition coefficient (Wildman–Crippen LogP) is 1.31. The van der Waals surface area contributed by atoms with Gasteiger partial charge < -0.3 is 29.5 Å². The largest absolute Gasteiger partial charge is 0.472 e. The molecule has 0 aliphatic carbocycles. The van der Waals surface area contributed by atoms with Crippen molar-refractivity contribution in [1.82, 2.24) is 14.8 Å². The van der Waals surface area contributed by atoms with Crippen LogP contribution in [-0.4, -0.2) is 94.5 Å². The van der Waals surface area contributed by atoms with E-state index in [0.29, 0.717) is 44.7 Å². The number of aliphatic hydroxyl groups excluding tert-OH is 1. The van der Waals surface area contributed by atoms with Gasteiger partial charge in [-0.25, -0.2) is 4.98 Å². The topological polar surface area (TPSA) is 112 Å². The van der Waals surface area contributed by atoms with Crippen LogP contribution in [0.5, 0.6) is 5.88 Å². The number of ether oxygens (including phenoxy) is 2. The van der Waals surface area contributed by atoms with E-state index in [1.54, 1.807) is 43.7 Å². The number of hydrogen-bond acceptors (Lipinski definition) is 7. The molecule has 2 amide bonds. The molecule has 3 heterocycles. The Bertz CT molecular complexity index is 974. The number of fused-ring (bicyclic) bond motifs is 1. The highest BCUT2D eigenvalue weighted by atomic mass is 16.5. The van der Waals surface area contributed by atoms with Crippen molar-refractivity contribution >= 4 is 11.8 Å². The van der Waals surface area contributed by atoms with Crippen LogP contribution in [-0.2, 0) is 9.53 Å². The maximum atomic E-state index is 13.5. The van der Waals surface area contributed by atoms with E-state index in [9.17, 15) is 19.8 Å². The fourth-order valence-electron chi connectivity index (χ4n) is 4.23. The van der Waals surface area contributed by atoms with Crippen molar-refractivity contribution in [2.45, 2.75) is 58.3 Å². The number of rotatable bonds is 5. The van der Waals surface area contributed by atoms with Crippen molar-refractivity contribution in [3.8, 4) is 17.7 Å². The highest BCUT2D eigenvalue weighted by Crippen LogP contribution is 2.28. The zero-order chi connectivity index (χ0) is 25.8. The molecule has 9 heteroatoms. The summed E-state index contributed by atoms with van der Waals surface area (Å²) < 4.78 is 11.6. The number of aromatic nitrogens is 1. The summed E-state index contributed by atoms with van der Waals surface area (Å²) in [6, 6.07) is 1.19. The van der Waals surface area contributed by atoms with Gasteiger partial charge in [-0.15, -0.1) is 0 Å². The van der Waals surface area contributed by atoms with Crippen LogP contribution in [0.15, 0.2) is 12.3 Å². The van der Waals surface area contributed by atoms with Crippen LogP contribution in [0.1, 0.15) is 56.5 Å². The minimum absolute atomic E-state index is 0.0626. The molecule has 0 aromatic carbocycles. The van der Waals surface area contributed by atoms with Crippen LogP contribution < -0.4 is 4.74 Å². The number of carbonyl (C=O) groups excluding carboxylic acids is 2. The second-order valence-corrected chi connectivity index (χ2v) is 10.1. The molecule has 0 saturated carbocycles. The van der Waals surface area contributed by atoms with Crippen molar-refractivity contribution in [1.29, 1.82) is 0 Å². The summed E-state index contributed by atoms with van der Waals surface area (Å²) in [5.74, 6) is 5.32. The van der Waals surface area contributed by atoms with Gasteiger partial charge in [-0.3, -0.25) is 9.59 Å². The van der Waals surface area contributed by atoms with Gasteiger partial charge in [0.05, 0.1) is 19.2 Å². The zero-order valence-corrected chi connectivity index (χ0v) is 21.3. The lowest BCUT2D eigenvalue weighted by Crippen LogP contribution is -2.51. The third-order valence-corrected chi connectivity index (χ3v) is 6.43. The highest BCUT2D eigenvalue weighted by molar-refractivity contribution is 5.97. The van der Waals surface area contributed by atoms with Gasteiger partial charge in [0.2, 0.25) is 11.8 Å². The smallest absolute Gasteiger partial charge is 0.259 e. The summed E-state index contributed by atoms with van der Waals surface area (Å²) in [7, 11) is 1.77. The minimum atomic E-state index is -1.19. The van der Waals surface area contributed by atoms with Gasteiger partial charge in [0, 0.05) is 50.4 Å². The molecule has 9 nitrogen and oxygen atoms in total. The Labute approximate surface area is 207 Å². The van der Waals surface area contributed by atoms with Crippen molar-refractivity contribution in [3.63, 3.8) is 0 Å². The molecule has 3 rings (SSSR count). The first-order valence-corrected chi connectivity index (χ1v) is 12.2. The van der Waals surface area contributed by atoms with Crippen molar-refractivity contribution in [3.05, 3.63) is 23.4 Å². The maximum Gasteiger partial charge on any atom is 0.259 e. The Morgan fingerprint density at radius 3 is 2.69 bits per heavy atom. The standard InChI is InChI=1S/C26H37N3O6/c1-17-14-29(18(2)16-30)25(32)21-12-19(6-9-26(3,4)33)13-27-23(21)35-22(17)15-28(5)24(31)20-7-10-34-11-8-20/h12-13,17-18,20,22,30,33H,7-8,10-11,14-16H2,1-5H3/t17-,18+,22-/m0/s1. The zero-order valence-electron chi connectivity index (χ0n) is 21.3. The second kappa shape index (κ2) is 11.4. The van der Waals surface area contributed by atoms with E-state index >= 15 is 0 Å². The SMILES string of the molecule is C[C@H](CO)N1C[C@H](C)[C@H](CN(C)C(=O)C2CCOCC2)Oc2ncc(C#CC(C)(C)O)cc2C1=O. The first-order chi connectivity index (χ1) is 16.5. The number of likely N-dealkylation sites (N-methyl/N-ethyl adjacent to an activating group) is 1. The van der Waals surface area contributed by atoms with Gasteiger partial charge in [0.25, 0.3) is 5.91 Å². The molecule has 35 heavy (non-hydrogen) atoms. The summed E-state index contributed by atoms with van der Waals surface area (Å²) in [4.78, 5) is 34.2. The molecule has 3 atom stereocenters. The highest BCUT2D eigenvalue weighted by Gasteiger charge is 2.35. The molecule has 1 aromatic heterocycles. The van der Waals surface area contributed by atoms with Gasteiger partial charge in [-0.1, -0.05) is 18.8 Å². The summed E-state index contributed by atoms with van der Waals surface area (Å²) in [6.45, 7) is 8.59. The Balaban J connectivity index is 1.91. The second-order valence-electron chi connectivity index (χ2n) is 10.1. The van der Waals surface area contributed by atoms with Gasteiger partial charge >= 0.3 is 0 Å². The monoisotopic (exact) mass is 487 g/mol. The predicted molar refractivity (Wildman–Crippen MR) is 130 cm³/mol. The number of amides is 2. The van der Waals surface area contributed by atoms with E-state index < -0.39 is 17.7 Å². The molecular formula is C26H37N3O6. The van der Waals surface area contributed by atoms with Crippen molar-refractivity contribution in [2.24, 2.45) is 11.8 Å². The van der Waals surface area contributed by atoms with Gasteiger partial charge in [0.1, 0.15) is 17.3 Å². The Morgan fingerprint density at radius 1 is 1.37 bits per heavy atom. The third-order valence-electron chi connectivity index (χ3n) is 6.43. The molecule has 0 unspecified atom stereocenters. The molecule has 0 radical (unpaired) electrons. The van der Waals surface area contributed by atoms with Gasteiger partial charge in [-0.05, 0) is 39.7 Å².